The van der Waals surface area contributed by atoms with Gasteiger partial charge in [-0.15, -0.1) is 0 Å². The van der Waals surface area contributed by atoms with E-state index in [-0.39, 0.29) is 11.1 Å². The Labute approximate surface area is 97.1 Å². The quantitative estimate of drug-likeness (QED) is 0.663. The van der Waals surface area contributed by atoms with E-state index in [1.54, 1.807) is 0 Å². The fourth-order valence-corrected chi connectivity index (χ4v) is 1.65. The average molecular weight is 283 g/mol. The summed E-state index contributed by atoms with van der Waals surface area (Å²) < 4.78 is 66.4. The standard InChI is InChI=1S/C8H4F3NO5S/c9-8(10,11)18(14,15)17-5-3-1-2-4-6(5)12-7(13)16-4/h1-3H,(H,12,13). The third kappa shape index (κ3) is 2.06. The number of H-pyrrole nitrogens is 1. The minimum absolute atomic E-state index is 0.116. The molecule has 1 aromatic heterocycles. The predicted octanol–water partition coefficient (Wildman–Crippen LogP) is 1.35. The molecule has 0 spiro atoms. The Kier molecular flexibility index (Phi) is 2.61. The molecule has 2 rings (SSSR count). The van der Waals surface area contributed by atoms with Gasteiger partial charge in [-0.05, 0) is 12.1 Å². The second-order valence-corrected chi connectivity index (χ2v) is 4.66. The molecule has 0 bridgehead atoms. The average Bonchev–Trinajstić information content (AvgIpc) is 2.57. The van der Waals surface area contributed by atoms with E-state index in [0.29, 0.717) is 0 Å². The monoisotopic (exact) mass is 283 g/mol. The first-order valence-corrected chi connectivity index (χ1v) is 5.74. The van der Waals surface area contributed by atoms with Gasteiger partial charge in [-0.25, -0.2) is 4.79 Å². The van der Waals surface area contributed by atoms with Gasteiger partial charge in [0.2, 0.25) is 0 Å². The Balaban J connectivity index is 2.54. The summed E-state index contributed by atoms with van der Waals surface area (Å²) in [6.07, 6.45) is 0. The maximum Gasteiger partial charge on any atom is 0.534 e. The summed E-state index contributed by atoms with van der Waals surface area (Å²) in [5, 5.41) is 0. The van der Waals surface area contributed by atoms with Crippen LogP contribution in [0.25, 0.3) is 11.1 Å². The van der Waals surface area contributed by atoms with Crippen molar-refractivity contribution in [2.45, 2.75) is 5.51 Å². The zero-order chi connectivity index (χ0) is 13.6. The summed E-state index contributed by atoms with van der Waals surface area (Å²) in [7, 11) is -5.80. The van der Waals surface area contributed by atoms with Crippen LogP contribution in [0.4, 0.5) is 13.2 Å². The van der Waals surface area contributed by atoms with Crippen molar-refractivity contribution in [2.24, 2.45) is 0 Å². The first-order chi connectivity index (χ1) is 8.21. The van der Waals surface area contributed by atoms with E-state index in [1.807, 2.05) is 4.98 Å². The molecule has 0 amide bonds. The van der Waals surface area contributed by atoms with Gasteiger partial charge in [0.1, 0.15) is 5.52 Å². The second-order valence-electron chi connectivity index (χ2n) is 3.13. The zero-order valence-corrected chi connectivity index (χ0v) is 9.13. The fraction of sp³-hybridized carbons (Fsp3) is 0.125. The molecule has 2 aromatic rings. The van der Waals surface area contributed by atoms with Gasteiger partial charge in [-0.3, -0.25) is 4.98 Å². The van der Waals surface area contributed by atoms with Crippen molar-refractivity contribution < 1.29 is 30.2 Å². The molecule has 0 aliphatic carbocycles. The number of para-hydroxylation sites is 1. The maximum absolute atomic E-state index is 12.1. The summed E-state index contributed by atoms with van der Waals surface area (Å²) in [6, 6.07) is 3.40. The molecule has 1 aromatic carbocycles. The van der Waals surface area contributed by atoms with Crippen molar-refractivity contribution in [1.82, 2.24) is 4.98 Å². The smallest absolute Gasteiger partial charge is 0.408 e. The van der Waals surface area contributed by atoms with Gasteiger partial charge < -0.3 is 8.60 Å². The number of aromatic amines is 1. The highest BCUT2D eigenvalue weighted by Gasteiger charge is 2.48. The summed E-state index contributed by atoms with van der Waals surface area (Å²) >= 11 is 0. The number of benzene rings is 1. The Morgan fingerprint density at radius 3 is 2.56 bits per heavy atom. The molecule has 0 aliphatic heterocycles. The number of hydrogen-bond acceptors (Lipinski definition) is 5. The summed E-state index contributed by atoms with van der Waals surface area (Å²) in [4.78, 5) is 12.9. The lowest BCUT2D eigenvalue weighted by atomic mass is 10.3. The Hall–Kier alpha value is -1.97. The van der Waals surface area contributed by atoms with E-state index in [4.69, 9.17) is 0 Å². The maximum atomic E-state index is 12.1. The van der Waals surface area contributed by atoms with Crippen LogP contribution in [-0.4, -0.2) is 18.9 Å². The van der Waals surface area contributed by atoms with Crippen molar-refractivity contribution >= 4 is 21.2 Å². The molecule has 1 N–H and O–H groups in total. The summed E-state index contributed by atoms with van der Waals surface area (Å²) in [6.45, 7) is 0. The Bertz CT molecular complexity index is 742. The second kappa shape index (κ2) is 3.77. The topological polar surface area (TPSA) is 89.4 Å². The lowest BCUT2D eigenvalue weighted by Crippen LogP contribution is -2.28. The van der Waals surface area contributed by atoms with Crippen molar-refractivity contribution in [3.8, 4) is 5.75 Å². The van der Waals surface area contributed by atoms with Gasteiger partial charge in [-0.2, -0.15) is 21.6 Å². The summed E-state index contributed by atoms with van der Waals surface area (Å²) in [5.41, 5.74) is -5.94. The van der Waals surface area contributed by atoms with Crippen molar-refractivity contribution in [1.29, 1.82) is 0 Å². The highest BCUT2D eigenvalue weighted by molar-refractivity contribution is 7.88. The van der Waals surface area contributed by atoms with Crippen LogP contribution in [0.1, 0.15) is 0 Å². The number of rotatable bonds is 2. The van der Waals surface area contributed by atoms with E-state index in [2.05, 4.69) is 8.60 Å². The first kappa shape index (κ1) is 12.5. The molecule has 6 nitrogen and oxygen atoms in total. The van der Waals surface area contributed by atoms with Crippen molar-refractivity contribution in [3.05, 3.63) is 28.7 Å². The van der Waals surface area contributed by atoms with E-state index in [0.717, 1.165) is 6.07 Å². The lowest BCUT2D eigenvalue weighted by Gasteiger charge is -2.09. The van der Waals surface area contributed by atoms with Crippen LogP contribution in [0.2, 0.25) is 0 Å². The van der Waals surface area contributed by atoms with E-state index in [1.165, 1.54) is 12.1 Å². The molecule has 0 fully saturated rings. The molecule has 10 heteroatoms. The van der Waals surface area contributed by atoms with Crippen LogP contribution in [0.3, 0.4) is 0 Å². The lowest BCUT2D eigenvalue weighted by molar-refractivity contribution is -0.0499. The minimum atomic E-state index is -5.80. The first-order valence-electron chi connectivity index (χ1n) is 4.33. The third-order valence-electron chi connectivity index (χ3n) is 1.90. The van der Waals surface area contributed by atoms with Gasteiger partial charge in [0.05, 0.1) is 0 Å². The molecule has 0 unspecified atom stereocenters. The van der Waals surface area contributed by atoms with Gasteiger partial charge in [-0.1, -0.05) is 6.07 Å². The van der Waals surface area contributed by atoms with Crippen LogP contribution in [-0.2, 0) is 10.1 Å². The molecule has 1 heterocycles. The van der Waals surface area contributed by atoms with E-state index in [9.17, 15) is 26.4 Å². The van der Waals surface area contributed by atoms with Crippen molar-refractivity contribution in [3.63, 3.8) is 0 Å². The van der Waals surface area contributed by atoms with Gasteiger partial charge >= 0.3 is 21.4 Å². The highest BCUT2D eigenvalue weighted by Crippen LogP contribution is 2.30. The van der Waals surface area contributed by atoms with Crippen LogP contribution >= 0.6 is 0 Å². The molecular formula is C8H4F3NO5S. The number of alkyl halides is 3. The Morgan fingerprint density at radius 1 is 1.28 bits per heavy atom. The van der Waals surface area contributed by atoms with Gasteiger partial charge in [0.25, 0.3) is 0 Å². The van der Waals surface area contributed by atoms with Crippen LogP contribution in [0.15, 0.2) is 27.4 Å². The third-order valence-corrected chi connectivity index (χ3v) is 2.87. The minimum Gasteiger partial charge on any atom is -0.408 e. The number of nitrogens with one attached hydrogen (secondary N) is 1. The largest absolute Gasteiger partial charge is 0.534 e. The van der Waals surface area contributed by atoms with Crippen LogP contribution in [0.5, 0.6) is 5.75 Å². The molecule has 0 radical (unpaired) electrons. The molecule has 0 saturated heterocycles. The number of halogens is 3. The fourth-order valence-electron chi connectivity index (χ4n) is 1.18. The van der Waals surface area contributed by atoms with E-state index < -0.39 is 27.1 Å². The van der Waals surface area contributed by atoms with Gasteiger partial charge in [0, 0.05) is 0 Å². The number of hydrogen-bond donors (Lipinski definition) is 1. The number of fused-ring (bicyclic) bond motifs is 1. The van der Waals surface area contributed by atoms with Gasteiger partial charge in [0.15, 0.2) is 11.3 Å². The molecule has 18 heavy (non-hydrogen) atoms. The Morgan fingerprint density at radius 2 is 1.94 bits per heavy atom. The van der Waals surface area contributed by atoms with E-state index >= 15 is 0 Å². The molecule has 0 atom stereocenters. The SMILES string of the molecule is O=c1[nH]c2c(OS(=O)(=O)C(F)(F)F)cccc2o1. The highest BCUT2D eigenvalue weighted by atomic mass is 32.2. The van der Waals surface area contributed by atoms with Crippen LogP contribution in [0, 0.1) is 0 Å². The normalized spacial score (nSPS) is 12.8. The van der Waals surface area contributed by atoms with Crippen molar-refractivity contribution in [2.75, 3.05) is 0 Å². The zero-order valence-electron chi connectivity index (χ0n) is 8.32. The molecular weight excluding hydrogens is 279 g/mol. The van der Waals surface area contributed by atoms with Crippen LogP contribution < -0.4 is 9.94 Å². The number of oxazole rings is 1. The number of aromatic nitrogens is 1. The molecule has 0 saturated carbocycles. The predicted molar refractivity (Wildman–Crippen MR) is 52.4 cm³/mol. The summed E-state index contributed by atoms with van der Waals surface area (Å²) in [5.74, 6) is -1.61. The molecule has 98 valence electrons. The molecule has 0 aliphatic rings.